The molecule has 16 heavy (non-hydrogen) atoms. The molecule has 0 saturated heterocycles. The summed E-state index contributed by atoms with van der Waals surface area (Å²) < 4.78 is 6.24. The number of rotatable bonds is 1. The number of hydrogen-bond donors (Lipinski definition) is 0. The molecule has 1 aromatic rings. The Morgan fingerprint density at radius 1 is 1.44 bits per heavy atom. The summed E-state index contributed by atoms with van der Waals surface area (Å²) in [5, 5.41) is 4.17. The van der Waals surface area contributed by atoms with Crippen molar-refractivity contribution < 1.29 is 14.3 Å². The minimum absolute atomic E-state index is 0.244. The Hall–Kier alpha value is -1.30. The minimum atomic E-state index is -0.434. The lowest BCUT2D eigenvalue weighted by atomic mass is 10.2. The molecule has 6 heteroatoms. The summed E-state index contributed by atoms with van der Waals surface area (Å²) >= 11 is 1.58. The first-order valence-corrected chi connectivity index (χ1v) is 6.02. The van der Waals surface area contributed by atoms with Crippen LogP contribution in [0.4, 0.5) is 0 Å². The first-order valence-electron chi connectivity index (χ1n) is 5.03. The molecule has 0 aromatic carbocycles. The van der Waals surface area contributed by atoms with Gasteiger partial charge in [-0.15, -0.1) is 11.8 Å². The monoisotopic (exact) mass is 240 g/mol. The summed E-state index contributed by atoms with van der Waals surface area (Å²) in [7, 11) is 0. The van der Waals surface area contributed by atoms with E-state index in [1.54, 1.807) is 11.8 Å². The van der Waals surface area contributed by atoms with Crippen molar-refractivity contribution in [2.45, 2.75) is 31.6 Å². The first kappa shape index (κ1) is 11.2. The third-order valence-electron chi connectivity index (χ3n) is 2.21. The Balaban J connectivity index is 2.48. The van der Waals surface area contributed by atoms with Gasteiger partial charge in [0.2, 0.25) is 11.8 Å². The van der Waals surface area contributed by atoms with Crippen molar-refractivity contribution in [2.24, 2.45) is 0 Å². The molecule has 0 N–H and O–H groups in total. The van der Waals surface area contributed by atoms with E-state index in [9.17, 15) is 9.59 Å². The third-order valence-corrected chi connectivity index (χ3v) is 3.40. The van der Waals surface area contributed by atoms with Gasteiger partial charge >= 0.3 is 5.97 Å². The lowest BCUT2D eigenvalue weighted by Crippen LogP contribution is -2.13. The van der Waals surface area contributed by atoms with Gasteiger partial charge in [-0.25, -0.2) is 0 Å². The smallest absolute Gasteiger partial charge is 0.309 e. The third kappa shape index (κ3) is 1.97. The van der Waals surface area contributed by atoms with Crippen LogP contribution in [0.2, 0.25) is 0 Å². The second-order valence-corrected chi connectivity index (χ2v) is 4.66. The molecule has 2 rings (SSSR count). The van der Waals surface area contributed by atoms with Gasteiger partial charge in [-0.1, -0.05) is 0 Å². The predicted molar refractivity (Wildman–Crippen MR) is 58.9 cm³/mol. The van der Waals surface area contributed by atoms with Gasteiger partial charge in [-0.3, -0.25) is 9.59 Å². The Morgan fingerprint density at radius 3 is 2.81 bits per heavy atom. The van der Waals surface area contributed by atoms with E-state index in [-0.39, 0.29) is 11.8 Å². The topological polar surface area (TPSA) is 61.2 Å². The highest BCUT2D eigenvalue weighted by atomic mass is 32.2. The fourth-order valence-electron chi connectivity index (χ4n) is 1.59. The maximum atomic E-state index is 11.4. The summed E-state index contributed by atoms with van der Waals surface area (Å²) in [5.74, 6) is 0.563. The highest BCUT2D eigenvalue weighted by Crippen LogP contribution is 2.37. The Labute approximate surface area is 97.1 Å². The number of aryl methyl sites for hydroxylation is 1. The van der Waals surface area contributed by atoms with E-state index in [2.05, 4.69) is 5.10 Å². The predicted octanol–water partition coefficient (Wildman–Crippen LogP) is 1.51. The van der Waals surface area contributed by atoms with Crippen molar-refractivity contribution >= 4 is 23.6 Å². The zero-order valence-corrected chi connectivity index (χ0v) is 9.97. The van der Waals surface area contributed by atoms with Gasteiger partial charge in [0, 0.05) is 13.8 Å². The average Bonchev–Trinajstić information content (AvgIpc) is 2.57. The molecular formula is C10H12N2O3S. The first-order chi connectivity index (χ1) is 7.59. The van der Waals surface area contributed by atoms with Crippen LogP contribution < -0.4 is 4.74 Å². The lowest BCUT2D eigenvalue weighted by molar-refractivity contribution is -0.132. The van der Waals surface area contributed by atoms with Crippen molar-refractivity contribution in [1.29, 1.82) is 0 Å². The largest absolute Gasteiger partial charge is 0.406 e. The van der Waals surface area contributed by atoms with E-state index in [0.29, 0.717) is 0 Å². The van der Waals surface area contributed by atoms with Crippen molar-refractivity contribution in [3.8, 4) is 5.88 Å². The van der Waals surface area contributed by atoms with E-state index in [1.165, 1.54) is 18.5 Å². The molecule has 0 bridgehead atoms. The second-order valence-electron chi connectivity index (χ2n) is 3.56. The summed E-state index contributed by atoms with van der Waals surface area (Å²) in [4.78, 5) is 23.2. The summed E-state index contributed by atoms with van der Waals surface area (Å²) in [6.45, 7) is 2.72. The van der Waals surface area contributed by atoms with Crippen LogP contribution >= 0.6 is 11.8 Å². The number of esters is 1. The number of hydrogen-bond acceptors (Lipinski definition) is 5. The van der Waals surface area contributed by atoms with Gasteiger partial charge in [-0.05, 0) is 18.6 Å². The van der Waals surface area contributed by atoms with Crippen LogP contribution in [-0.2, 0) is 11.2 Å². The zero-order valence-electron chi connectivity index (χ0n) is 9.15. The second kappa shape index (κ2) is 4.29. The van der Waals surface area contributed by atoms with Gasteiger partial charge in [0.05, 0.1) is 10.6 Å². The van der Waals surface area contributed by atoms with Crippen LogP contribution in [0.3, 0.4) is 0 Å². The quantitative estimate of drug-likeness (QED) is 0.696. The fraction of sp³-hybridized carbons (Fsp3) is 0.500. The number of aromatic nitrogens is 2. The van der Waals surface area contributed by atoms with Gasteiger partial charge in [0.15, 0.2) is 0 Å². The van der Waals surface area contributed by atoms with Gasteiger partial charge in [0.1, 0.15) is 0 Å². The lowest BCUT2D eigenvalue weighted by Gasteiger charge is -2.09. The van der Waals surface area contributed by atoms with Gasteiger partial charge in [0.25, 0.3) is 0 Å². The molecule has 1 aliphatic heterocycles. The van der Waals surface area contributed by atoms with Gasteiger partial charge < -0.3 is 4.74 Å². The van der Waals surface area contributed by atoms with Crippen molar-refractivity contribution in [2.75, 3.05) is 5.75 Å². The van der Waals surface area contributed by atoms with Crippen molar-refractivity contribution in [3.63, 3.8) is 0 Å². The van der Waals surface area contributed by atoms with E-state index in [4.69, 9.17) is 4.74 Å². The molecule has 0 amide bonds. The Bertz CT molecular complexity index is 453. The highest BCUT2D eigenvalue weighted by Gasteiger charge is 2.25. The maximum Gasteiger partial charge on any atom is 0.309 e. The molecule has 5 nitrogen and oxygen atoms in total. The molecule has 0 spiro atoms. The number of carbonyl (C=O) groups is 2. The van der Waals surface area contributed by atoms with Gasteiger partial charge in [-0.2, -0.15) is 9.78 Å². The molecule has 0 aliphatic carbocycles. The number of thioether (sulfide) groups is 1. The summed E-state index contributed by atoms with van der Waals surface area (Å²) in [5.41, 5.74) is 0.850. The number of ether oxygens (including phenoxy) is 1. The SMILES string of the molecule is CC(=O)Oc1c2c(nn1C(C)=O)CCCS2. The van der Waals surface area contributed by atoms with Crippen LogP contribution in [0.1, 0.15) is 30.8 Å². The van der Waals surface area contributed by atoms with Crippen LogP contribution in [0, 0.1) is 0 Å². The molecule has 0 unspecified atom stereocenters. The average molecular weight is 240 g/mol. The Morgan fingerprint density at radius 2 is 2.19 bits per heavy atom. The van der Waals surface area contributed by atoms with Crippen LogP contribution in [-0.4, -0.2) is 27.4 Å². The van der Waals surface area contributed by atoms with Crippen LogP contribution in [0.5, 0.6) is 5.88 Å². The standard InChI is InChI=1S/C10H12N2O3S/c1-6(13)12-10(15-7(2)14)9-8(11-12)4-3-5-16-9/h3-5H2,1-2H3. The Kier molecular flexibility index (Phi) is 3.00. The molecule has 86 valence electrons. The highest BCUT2D eigenvalue weighted by molar-refractivity contribution is 7.99. The molecule has 0 fully saturated rings. The minimum Gasteiger partial charge on any atom is -0.406 e. The molecular weight excluding hydrogens is 228 g/mol. The number of carbonyl (C=O) groups excluding carboxylic acids is 2. The van der Waals surface area contributed by atoms with E-state index in [1.807, 2.05) is 0 Å². The molecule has 1 aromatic heterocycles. The van der Waals surface area contributed by atoms with E-state index < -0.39 is 5.97 Å². The van der Waals surface area contributed by atoms with Crippen LogP contribution in [0.25, 0.3) is 0 Å². The zero-order chi connectivity index (χ0) is 11.7. The normalized spacial score (nSPS) is 14.4. The molecule has 0 radical (unpaired) electrons. The molecule has 2 heterocycles. The van der Waals surface area contributed by atoms with Crippen molar-refractivity contribution in [3.05, 3.63) is 5.69 Å². The molecule has 0 saturated carbocycles. The van der Waals surface area contributed by atoms with Crippen molar-refractivity contribution in [1.82, 2.24) is 9.78 Å². The van der Waals surface area contributed by atoms with E-state index in [0.717, 1.165) is 29.2 Å². The fourth-order valence-corrected chi connectivity index (χ4v) is 2.65. The van der Waals surface area contributed by atoms with E-state index >= 15 is 0 Å². The summed E-state index contributed by atoms with van der Waals surface area (Å²) in [6.07, 6.45) is 1.86. The number of nitrogens with zero attached hydrogens (tertiary/aromatic N) is 2. The number of fused-ring (bicyclic) bond motifs is 1. The van der Waals surface area contributed by atoms with Crippen LogP contribution in [0.15, 0.2) is 4.90 Å². The molecule has 0 atom stereocenters. The maximum absolute atomic E-state index is 11.4. The summed E-state index contributed by atoms with van der Waals surface area (Å²) in [6, 6.07) is 0. The molecule has 1 aliphatic rings.